The minimum atomic E-state index is -1.21. The fourth-order valence-corrected chi connectivity index (χ4v) is 4.25. The van der Waals surface area contributed by atoms with Crippen LogP contribution in [-0.4, -0.2) is 38.6 Å². The van der Waals surface area contributed by atoms with Crippen molar-refractivity contribution in [2.75, 3.05) is 17.4 Å². The number of thioether (sulfide) groups is 1. The molecule has 0 saturated heterocycles. The molecule has 11 nitrogen and oxygen atoms in total. The van der Waals surface area contributed by atoms with E-state index in [0.29, 0.717) is 33.6 Å². The highest BCUT2D eigenvalue weighted by Crippen LogP contribution is 2.47. The summed E-state index contributed by atoms with van der Waals surface area (Å²) < 4.78 is 17.0. The minimum absolute atomic E-state index is 0.0572. The fraction of sp³-hybridized carbons (Fsp3) is 0.238. The lowest BCUT2D eigenvalue weighted by atomic mass is 10.1. The summed E-state index contributed by atoms with van der Waals surface area (Å²) in [5.74, 6) is 1.02. The molecule has 3 heterocycles. The molecule has 2 aliphatic rings. The number of anilines is 1. The number of rotatable bonds is 4. The van der Waals surface area contributed by atoms with E-state index in [2.05, 4.69) is 15.2 Å². The predicted molar refractivity (Wildman–Crippen MR) is 117 cm³/mol. The maximum Gasteiger partial charge on any atom is 0.282 e. The van der Waals surface area contributed by atoms with E-state index in [1.165, 1.54) is 35.7 Å². The number of para-hydroxylation sites is 1. The Morgan fingerprint density at radius 3 is 2.73 bits per heavy atom. The molecule has 168 valence electrons. The number of benzene rings is 2. The lowest BCUT2D eigenvalue weighted by Crippen LogP contribution is -2.36. The number of nitro benzene ring substituents is 1. The molecule has 0 saturated carbocycles. The summed E-state index contributed by atoms with van der Waals surface area (Å²) in [6, 6.07) is 9.77. The summed E-state index contributed by atoms with van der Waals surface area (Å²) in [6.07, 6.45) is -1.21. The van der Waals surface area contributed by atoms with Gasteiger partial charge in [-0.15, -0.1) is 10.2 Å². The average Bonchev–Trinajstić information content (AvgIpc) is 3.20. The van der Waals surface area contributed by atoms with Crippen LogP contribution in [0.25, 0.3) is 11.3 Å². The Morgan fingerprint density at radius 1 is 1.24 bits per heavy atom. The number of carbonyl (C=O) groups excluding carboxylic acids is 1. The molecule has 3 aromatic rings. The van der Waals surface area contributed by atoms with Crippen LogP contribution in [0.15, 0.2) is 41.6 Å². The SMILES string of the molecule is CCSc1nnc2c(n1)OC(c1cc3c(cc1[N+](=O)[O-])OCO3)N(C(C)=O)c1ccccc1-2. The van der Waals surface area contributed by atoms with E-state index in [4.69, 9.17) is 14.2 Å². The molecule has 2 aromatic carbocycles. The van der Waals surface area contributed by atoms with Crippen molar-refractivity contribution in [2.45, 2.75) is 25.2 Å². The molecule has 5 rings (SSSR count). The fourth-order valence-electron chi connectivity index (χ4n) is 3.75. The molecular weight excluding hydrogens is 450 g/mol. The van der Waals surface area contributed by atoms with Gasteiger partial charge in [-0.1, -0.05) is 36.9 Å². The van der Waals surface area contributed by atoms with E-state index < -0.39 is 11.2 Å². The molecule has 1 aromatic heterocycles. The maximum absolute atomic E-state index is 12.9. The molecule has 2 aliphatic heterocycles. The van der Waals surface area contributed by atoms with Crippen LogP contribution in [0.5, 0.6) is 17.4 Å². The first-order valence-corrected chi connectivity index (χ1v) is 11.0. The van der Waals surface area contributed by atoms with E-state index >= 15 is 0 Å². The molecule has 0 bridgehead atoms. The first-order chi connectivity index (χ1) is 16.0. The third kappa shape index (κ3) is 3.57. The van der Waals surface area contributed by atoms with Gasteiger partial charge in [0, 0.05) is 12.5 Å². The number of nitro groups is 1. The lowest BCUT2D eigenvalue weighted by molar-refractivity contribution is -0.386. The van der Waals surface area contributed by atoms with Crippen LogP contribution in [0.4, 0.5) is 11.4 Å². The zero-order valence-corrected chi connectivity index (χ0v) is 18.4. The molecular formula is C21H17N5O6S. The van der Waals surface area contributed by atoms with Gasteiger partial charge >= 0.3 is 0 Å². The highest BCUT2D eigenvalue weighted by molar-refractivity contribution is 7.99. The van der Waals surface area contributed by atoms with E-state index in [-0.39, 0.29) is 35.6 Å². The van der Waals surface area contributed by atoms with Crippen LogP contribution < -0.4 is 19.1 Å². The average molecular weight is 467 g/mol. The van der Waals surface area contributed by atoms with Crippen molar-refractivity contribution in [3.05, 3.63) is 52.1 Å². The highest BCUT2D eigenvalue weighted by atomic mass is 32.2. The minimum Gasteiger partial charge on any atom is -0.454 e. The normalized spacial score (nSPS) is 15.8. The Labute approximate surface area is 191 Å². The molecule has 33 heavy (non-hydrogen) atoms. The van der Waals surface area contributed by atoms with Gasteiger partial charge in [0.25, 0.3) is 5.69 Å². The first-order valence-electron chi connectivity index (χ1n) is 9.99. The first kappa shape index (κ1) is 20.9. The maximum atomic E-state index is 12.9. The van der Waals surface area contributed by atoms with Gasteiger partial charge in [-0.2, -0.15) is 4.98 Å². The summed E-state index contributed by atoms with van der Waals surface area (Å²) in [5, 5.41) is 20.8. The van der Waals surface area contributed by atoms with Crippen LogP contribution >= 0.6 is 11.8 Å². The second-order valence-electron chi connectivity index (χ2n) is 7.08. The molecule has 1 amide bonds. The quantitative estimate of drug-likeness (QED) is 0.318. The number of carbonyl (C=O) groups is 1. The van der Waals surface area contributed by atoms with E-state index in [1.807, 2.05) is 6.92 Å². The molecule has 0 radical (unpaired) electrons. The Kier molecular flexibility index (Phi) is 5.21. The van der Waals surface area contributed by atoms with Gasteiger partial charge in [-0.05, 0) is 17.9 Å². The largest absolute Gasteiger partial charge is 0.454 e. The van der Waals surface area contributed by atoms with E-state index in [1.54, 1.807) is 24.3 Å². The number of fused-ring (bicyclic) bond motifs is 4. The second-order valence-corrected chi connectivity index (χ2v) is 8.31. The molecule has 0 fully saturated rings. The van der Waals surface area contributed by atoms with Crippen LogP contribution in [-0.2, 0) is 4.79 Å². The smallest absolute Gasteiger partial charge is 0.282 e. The van der Waals surface area contributed by atoms with Gasteiger partial charge in [0.05, 0.1) is 22.2 Å². The van der Waals surface area contributed by atoms with Crippen molar-refractivity contribution in [1.29, 1.82) is 0 Å². The molecule has 1 unspecified atom stereocenters. The topological polar surface area (TPSA) is 130 Å². The van der Waals surface area contributed by atoms with Gasteiger partial charge in [-0.3, -0.25) is 19.8 Å². The van der Waals surface area contributed by atoms with Crippen molar-refractivity contribution in [1.82, 2.24) is 15.2 Å². The van der Waals surface area contributed by atoms with Gasteiger partial charge in [0.1, 0.15) is 0 Å². The van der Waals surface area contributed by atoms with Crippen LogP contribution in [0.1, 0.15) is 25.6 Å². The number of hydrogen-bond donors (Lipinski definition) is 0. The van der Waals surface area contributed by atoms with Gasteiger partial charge in [0.15, 0.2) is 17.2 Å². The molecule has 12 heteroatoms. The van der Waals surface area contributed by atoms with Gasteiger partial charge in [-0.25, -0.2) is 0 Å². The summed E-state index contributed by atoms with van der Waals surface area (Å²) in [7, 11) is 0. The van der Waals surface area contributed by atoms with Crippen molar-refractivity contribution in [3.8, 4) is 28.6 Å². The zero-order chi connectivity index (χ0) is 23.1. The summed E-state index contributed by atoms with van der Waals surface area (Å²) >= 11 is 1.37. The highest BCUT2D eigenvalue weighted by Gasteiger charge is 2.39. The Balaban J connectivity index is 1.77. The number of aromatic nitrogens is 3. The van der Waals surface area contributed by atoms with Gasteiger partial charge < -0.3 is 14.2 Å². The third-order valence-electron chi connectivity index (χ3n) is 5.11. The number of nitrogens with zero attached hydrogens (tertiary/aromatic N) is 5. The molecule has 0 N–H and O–H groups in total. The van der Waals surface area contributed by atoms with Crippen molar-refractivity contribution in [3.63, 3.8) is 0 Å². The van der Waals surface area contributed by atoms with Crippen LogP contribution in [0, 0.1) is 10.1 Å². The van der Waals surface area contributed by atoms with E-state index in [0.717, 1.165) is 0 Å². The number of hydrogen-bond acceptors (Lipinski definition) is 10. The Hall–Kier alpha value is -3.93. The third-order valence-corrected chi connectivity index (χ3v) is 5.83. The second kappa shape index (κ2) is 8.20. The summed E-state index contributed by atoms with van der Waals surface area (Å²) in [6.45, 7) is 3.25. The zero-order valence-electron chi connectivity index (χ0n) is 17.5. The molecule has 1 atom stereocenters. The van der Waals surface area contributed by atoms with Gasteiger partial charge in [0.2, 0.25) is 30.0 Å². The Morgan fingerprint density at radius 2 is 2.00 bits per heavy atom. The summed E-state index contributed by atoms with van der Waals surface area (Å²) in [5.41, 5.74) is 1.21. The molecule has 0 spiro atoms. The summed E-state index contributed by atoms with van der Waals surface area (Å²) in [4.78, 5) is 30.1. The number of ether oxygens (including phenoxy) is 3. The van der Waals surface area contributed by atoms with Crippen molar-refractivity contribution in [2.24, 2.45) is 0 Å². The van der Waals surface area contributed by atoms with Crippen LogP contribution in [0.3, 0.4) is 0 Å². The van der Waals surface area contributed by atoms with Crippen molar-refractivity contribution < 1.29 is 23.9 Å². The van der Waals surface area contributed by atoms with Crippen LogP contribution in [0.2, 0.25) is 0 Å². The predicted octanol–water partition coefficient (Wildman–Crippen LogP) is 3.73. The monoisotopic (exact) mass is 467 g/mol. The molecule has 0 aliphatic carbocycles. The standard InChI is InChI=1S/C21H17N5O6S/c1-3-33-21-22-19-18(23-24-21)12-6-4-5-7-14(12)25(11(2)27)20(32-19)13-8-16-17(31-10-30-16)9-15(13)26(28)29/h4-9,20H,3,10H2,1-2H3. The Bertz CT molecular complexity index is 1290. The lowest BCUT2D eigenvalue weighted by Gasteiger charge is -2.29. The van der Waals surface area contributed by atoms with Crippen molar-refractivity contribution >= 4 is 29.0 Å². The number of amides is 1. The van der Waals surface area contributed by atoms with E-state index in [9.17, 15) is 14.9 Å².